The molecule has 21 heavy (non-hydrogen) atoms. The van der Waals surface area contributed by atoms with Gasteiger partial charge in [0, 0.05) is 5.69 Å². The third-order valence-electron chi connectivity index (χ3n) is 3.67. The molecule has 0 atom stereocenters. The average molecular weight is 294 g/mol. The minimum absolute atomic E-state index is 0.174. The van der Waals surface area contributed by atoms with Crippen LogP contribution in [0.15, 0.2) is 6.33 Å². The molecule has 4 heteroatoms. The zero-order valence-corrected chi connectivity index (χ0v) is 13.9. The molecule has 1 heterocycles. The highest BCUT2D eigenvalue weighted by Gasteiger charge is 2.13. The van der Waals surface area contributed by atoms with Crippen molar-refractivity contribution in [2.45, 2.75) is 78.7 Å². The Labute approximate surface area is 128 Å². The largest absolute Gasteiger partial charge is 0.465 e. The van der Waals surface area contributed by atoms with Gasteiger partial charge in [0.2, 0.25) is 0 Å². The molecule has 120 valence electrons. The van der Waals surface area contributed by atoms with Gasteiger partial charge in [-0.1, -0.05) is 39.5 Å². The minimum atomic E-state index is -0.174. The molecule has 0 bridgehead atoms. The number of imidazole rings is 1. The maximum absolute atomic E-state index is 11.7. The van der Waals surface area contributed by atoms with Gasteiger partial charge < -0.3 is 9.30 Å². The molecule has 0 aliphatic heterocycles. The molecule has 0 aromatic carbocycles. The smallest absolute Gasteiger partial charge is 0.325 e. The SMILES string of the molecule is CCCCCc1ncn(CC(=O)OCC)c1CCCCC. The van der Waals surface area contributed by atoms with Gasteiger partial charge in [0.15, 0.2) is 0 Å². The molecular formula is C17H30N2O2. The Hall–Kier alpha value is -1.32. The summed E-state index contributed by atoms with van der Waals surface area (Å²) in [5, 5.41) is 0. The standard InChI is InChI=1S/C17H30N2O2/c1-4-7-9-11-15-16(12-10-8-5-2)19(14-18-15)13-17(20)21-6-3/h14H,4-13H2,1-3H3. The van der Waals surface area contributed by atoms with E-state index in [1.807, 2.05) is 11.5 Å². The lowest BCUT2D eigenvalue weighted by Gasteiger charge is -2.10. The van der Waals surface area contributed by atoms with E-state index in [-0.39, 0.29) is 12.5 Å². The van der Waals surface area contributed by atoms with Crippen LogP contribution in [0.5, 0.6) is 0 Å². The summed E-state index contributed by atoms with van der Waals surface area (Å²) in [6.07, 6.45) is 11.0. The highest BCUT2D eigenvalue weighted by molar-refractivity contribution is 5.69. The van der Waals surface area contributed by atoms with Gasteiger partial charge >= 0.3 is 5.97 Å². The van der Waals surface area contributed by atoms with Gasteiger partial charge in [-0.2, -0.15) is 0 Å². The molecule has 0 radical (unpaired) electrons. The number of ether oxygens (including phenoxy) is 1. The first-order chi connectivity index (χ1) is 10.2. The van der Waals surface area contributed by atoms with Crippen molar-refractivity contribution in [3.05, 3.63) is 17.7 Å². The van der Waals surface area contributed by atoms with Gasteiger partial charge in [-0.3, -0.25) is 4.79 Å². The summed E-state index contributed by atoms with van der Waals surface area (Å²) in [5.41, 5.74) is 2.40. The van der Waals surface area contributed by atoms with Crippen molar-refractivity contribution < 1.29 is 9.53 Å². The predicted octanol–water partition coefficient (Wildman–Crippen LogP) is 3.91. The van der Waals surface area contributed by atoms with E-state index in [4.69, 9.17) is 4.74 Å². The number of carbonyl (C=O) groups excluding carboxylic acids is 1. The highest BCUT2D eigenvalue weighted by Crippen LogP contribution is 2.15. The van der Waals surface area contributed by atoms with Crippen LogP contribution in [0.2, 0.25) is 0 Å². The van der Waals surface area contributed by atoms with Crippen LogP contribution in [0.4, 0.5) is 0 Å². The summed E-state index contributed by atoms with van der Waals surface area (Å²) in [7, 11) is 0. The molecule has 0 N–H and O–H groups in total. The van der Waals surface area contributed by atoms with E-state index in [0.717, 1.165) is 19.3 Å². The van der Waals surface area contributed by atoms with E-state index in [0.29, 0.717) is 6.61 Å². The molecule has 4 nitrogen and oxygen atoms in total. The third-order valence-corrected chi connectivity index (χ3v) is 3.67. The van der Waals surface area contributed by atoms with E-state index in [1.165, 1.54) is 43.5 Å². The topological polar surface area (TPSA) is 44.1 Å². The van der Waals surface area contributed by atoms with Crippen LogP contribution in [0.3, 0.4) is 0 Å². The zero-order valence-electron chi connectivity index (χ0n) is 13.9. The van der Waals surface area contributed by atoms with Crippen LogP contribution in [0, 0.1) is 0 Å². The number of hydrogen-bond donors (Lipinski definition) is 0. The molecule has 0 fully saturated rings. The van der Waals surface area contributed by atoms with E-state index in [9.17, 15) is 4.79 Å². The Balaban J connectivity index is 2.72. The monoisotopic (exact) mass is 294 g/mol. The van der Waals surface area contributed by atoms with Crippen LogP contribution >= 0.6 is 0 Å². The Morgan fingerprint density at radius 1 is 1.10 bits per heavy atom. The minimum Gasteiger partial charge on any atom is -0.465 e. The Bertz CT molecular complexity index is 413. The second-order valence-corrected chi connectivity index (χ2v) is 5.49. The molecule has 0 spiro atoms. The summed E-state index contributed by atoms with van der Waals surface area (Å²) in [4.78, 5) is 16.2. The molecule has 0 saturated carbocycles. The molecular weight excluding hydrogens is 264 g/mol. The number of aryl methyl sites for hydroxylation is 1. The molecule has 0 amide bonds. The molecule has 1 aromatic rings. The summed E-state index contributed by atoms with van der Waals surface area (Å²) in [5.74, 6) is -0.174. The van der Waals surface area contributed by atoms with E-state index in [1.54, 1.807) is 6.33 Å². The van der Waals surface area contributed by atoms with Gasteiger partial charge in [0.1, 0.15) is 6.54 Å². The number of nitrogens with zero attached hydrogens (tertiary/aromatic N) is 2. The molecule has 1 rings (SSSR count). The molecule has 0 saturated heterocycles. The maximum Gasteiger partial charge on any atom is 0.325 e. The number of carbonyl (C=O) groups is 1. The van der Waals surface area contributed by atoms with Crippen molar-refractivity contribution in [2.75, 3.05) is 6.61 Å². The summed E-state index contributed by atoms with van der Waals surface area (Å²) in [6, 6.07) is 0. The number of aromatic nitrogens is 2. The first kappa shape index (κ1) is 17.7. The van der Waals surface area contributed by atoms with Crippen molar-refractivity contribution in [1.29, 1.82) is 0 Å². The Morgan fingerprint density at radius 3 is 2.38 bits per heavy atom. The fourth-order valence-corrected chi connectivity index (χ4v) is 2.51. The van der Waals surface area contributed by atoms with E-state index in [2.05, 4.69) is 18.8 Å². The number of esters is 1. The fraction of sp³-hybridized carbons (Fsp3) is 0.765. The lowest BCUT2D eigenvalue weighted by Crippen LogP contribution is -2.15. The number of rotatable bonds is 11. The third kappa shape index (κ3) is 6.32. The number of hydrogen-bond acceptors (Lipinski definition) is 3. The lowest BCUT2D eigenvalue weighted by molar-refractivity contribution is -0.143. The van der Waals surface area contributed by atoms with Crippen molar-refractivity contribution >= 4 is 5.97 Å². The van der Waals surface area contributed by atoms with Crippen molar-refractivity contribution in [1.82, 2.24) is 9.55 Å². The number of unbranched alkanes of at least 4 members (excludes halogenated alkanes) is 4. The van der Waals surface area contributed by atoms with Crippen molar-refractivity contribution in [2.24, 2.45) is 0 Å². The van der Waals surface area contributed by atoms with Gasteiger partial charge in [0.25, 0.3) is 0 Å². The second-order valence-electron chi connectivity index (χ2n) is 5.49. The first-order valence-electron chi connectivity index (χ1n) is 8.41. The summed E-state index contributed by atoms with van der Waals surface area (Å²) in [6.45, 7) is 6.97. The lowest BCUT2D eigenvalue weighted by atomic mass is 10.1. The highest BCUT2D eigenvalue weighted by atomic mass is 16.5. The first-order valence-corrected chi connectivity index (χ1v) is 8.41. The molecule has 0 unspecified atom stereocenters. The van der Waals surface area contributed by atoms with E-state index < -0.39 is 0 Å². The second kappa shape index (κ2) is 10.4. The zero-order chi connectivity index (χ0) is 15.5. The molecule has 1 aromatic heterocycles. The summed E-state index contributed by atoms with van der Waals surface area (Å²) >= 11 is 0. The van der Waals surface area contributed by atoms with Gasteiger partial charge in [-0.15, -0.1) is 0 Å². The van der Waals surface area contributed by atoms with Crippen LogP contribution in [-0.4, -0.2) is 22.1 Å². The van der Waals surface area contributed by atoms with Gasteiger partial charge in [-0.25, -0.2) is 4.98 Å². The Morgan fingerprint density at radius 2 is 1.76 bits per heavy atom. The van der Waals surface area contributed by atoms with Crippen molar-refractivity contribution in [3.8, 4) is 0 Å². The van der Waals surface area contributed by atoms with Crippen LogP contribution < -0.4 is 0 Å². The van der Waals surface area contributed by atoms with E-state index >= 15 is 0 Å². The van der Waals surface area contributed by atoms with Gasteiger partial charge in [0.05, 0.1) is 18.6 Å². The predicted molar refractivity (Wildman–Crippen MR) is 85.3 cm³/mol. The van der Waals surface area contributed by atoms with Crippen LogP contribution in [0.1, 0.15) is 70.7 Å². The maximum atomic E-state index is 11.7. The average Bonchev–Trinajstić information content (AvgIpc) is 2.82. The summed E-state index contributed by atoms with van der Waals surface area (Å²) < 4.78 is 7.03. The van der Waals surface area contributed by atoms with Crippen LogP contribution in [-0.2, 0) is 28.9 Å². The van der Waals surface area contributed by atoms with Crippen molar-refractivity contribution in [3.63, 3.8) is 0 Å². The molecule has 0 aliphatic rings. The molecule has 0 aliphatic carbocycles. The Kier molecular flexibility index (Phi) is 8.79. The normalized spacial score (nSPS) is 10.8. The van der Waals surface area contributed by atoms with Gasteiger partial charge in [-0.05, 0) is 32.6 Å². The van der Waals surface area contributed by atoms with Crippen LogP contribution in [0.25, 0.3) is 0 Å². The quantitative estimate of drug-likeness (QED) is 0.459. The fourth-order valence-electron chi connectivity index (χ4n) is 2.51.